The molecule has 0 aliphatic heterocycles. The Hall–Kier alpha value is -1.42. The normalized spacial score (nSPS) is 13.5. The van der Waals surface area contributed by atoms with Gasteiger partial charge in [-0.25, -0.2) is 8.42 Å². The fraction of sp³-hybridized carbons (Fsp3) is 0.333. The lowest BCUT2D eigenvalue weighted by Crippen LogP contribution is -2.20. The van der Waals surface area contributed by atoms with Gasteiger partial charge in [0.1, 0.15) is 22.0 Å². The number of unbranched alkanes of at least 4 members (excludes halogenated alkanes) is 1. The van der Waals surface area contributed by atoms with Gasteiger partial charge in [0, 0.05) is 0 Å². The molecule has 0 fully saturated rings. The molecule has 0 bridgehead atoms. The molecule has 0 unspecified atom stereocenters. The SMILES string of the molecule is Cc1ccc([S@](=O)NOCCCCON[S@](=O)c2ccc(C)cc2)cc1. The van der Waals surface area contributed by atoms with Crippen LogP contribution in [0.25, 0.3) is 0 Å². The second-order valence-corrected chi connectivity index (χ2v) is 8.09. The first-order chi connectivity index (χ1) is 12.6. The monoisotopic (exact) mass is 396 g/mol. The van der Waals surface area contributed by atoms with Crippen molar-refractivity contribution >= 4 is 22.0 Å². The molecule has 0 saturated heterocycles. The van der Waals surface area contributed by atoms with Gasteiger partial charge in [0.15, 0.2) is 0 Å². The van der Waals surface area contributed by atoms with Crippen molar-refractivity contribution in [3.8, 4) is 0 Å². The summed E-state index contributed by atoms with van der Waals surface area (Å²) in [6.45, 7) is 4.76. The maximum Gasteiger partial charge on any atom is 0.148 e. The standard InChI is InChI=1S/C18H24N2O4S2/c1-15-5-9-17(10-6-15)25(21)19-23-13-3-4-14-24-20-26(22)18-11-7-16(2)8-12-18/h5-12,19-20H,3-4,13-14H2,1-2H3/t25-,26+. The number of hydrogen-bond donors (Lipinski definition) is 2. The lowest BCUT2D eigenvalue weighted by Gasteiger charge is -2.07. The van der Waals surface area contributed by atoms with E-state index in [0.29, 0.717) is 23.0 Å². The molecule has 26 heavy (non-hydrogen) atoms. The van der Waals surface area contributed by atoms with Gasteiger partial charge in [0.25, 0.3) is 0 Å². The van der Waals surface area contributed by atoms with E-state index in [9.17, 15) is 8.42 Å². The smallest absolute Gasteiger partial charge is 0.148 e. The minimum absolute atomic E-state index is 0.405. The van der Waals surface area contributed by atoms with Crippen molar-refractivity contribution in [1.29, 1.82) is 0 Å². The van der Waals surface area contributed by atoms with Crippen LogP contribution in [0, 0.1) is 13.8 Å². The van der Waals surface area contributed by atoms with Gasteiger partial charge in [0.2, 0.25) is 0 Å². The predicted molar refractivity (Wildman–Crippen MR) is 103 cm³/mol. The summed E-state index contributed by atoms with van der Waals surface area (Å²) in [5.74, 6) is 0. The van der Waals surface area contributed by atoms with Crippen LogP contribution in [-0.2, 0) is 31.6 Å². The Bertz CT molecular complexity index is 657. The molecule has 2 N–H and O–H groups in total. The Kier molecular flexibility index (Phi) is 9.10. The van der Waals surface area contributed by atoms with Gasteiger partial charge in [-0.05, 0) is 51.0 Å². The van der Waals surface area contributed by atoms with Gasteiger partial charge >= 0.3 is 0 Å². The van der Waals surface area contributed by atoms with Crippen molar-refractivity contribution in [2.45, 2.75) is 36.5 Å². The molecule has 2 aromatic rings. The molecule has 2 rings (SSSR count). The summed E-state index contributed by atoms with van der Waals surface area (Å²) in [7, 11) is -2.77. The van der Waals surface area contributed by atoms with Crippen LogP contribution in [0.5, 0.6) is 0 Å². The van der Waals surface area contributed by atoms with E-state index < -0.39 is 22.0 Å². The fourth-order valence-electron chi connectivity index (χ4n) is 1.96. The molecule has 0 heterocycles. The molecule has 0 amide bonds. The van der Waals surface area contributed by atoms with Gasteiger partial charge in [0.05, 0.1) is 23.0 Å². The molecule has 142 valence electrons. The highest BCUT2D eigenvalue weighted by atomic mass is 32.2. The summed E-state index contributed by atoms with van der Waals surface area (Å²) in [4.78, 5) is 16.8. The molecular formula is C18H24N2O4S2. The molecule has 0 aliphatic rings. The van der Waals surface area contributed by atoms with Gasteiger partial charge in [-0.15, -0.1) is 9.77 Å². The van der Waals surface area contributed by atoms with Crippen LogP contribution in [0.2, 0.25) is 0 Å². The molecule has 0 radical (unpaired) electrons. The van der Waals surface area contributed by atoms with Crippen molar-refractivity contribution in [2.75, 3.05) is 13.2 Å². The van der Waals surface area contributed by atoms with Crippen molar-refractivity contribution < 1.29 is 18.1 Å². The largest absolute Gasteiger partial charge is 0.289 e. The molecule has 0 aromatic heterocycles. The molecule has 8 heteroatoms. The highest BCUT2D eigenvalue weighted by molar-refractivity contribution is 7.83. The van der Waals surface area contributed by atoms with Crippen LogP contribution in [0.3, 0.4) is 0 Å². The van der Waals surface area contributed by atoms with E-state index in [1.165, 1.54) is 0 Å². The average molecular weight is 397 g/mol. The second kappa shape index (κ2) is 11.3. The molecule has 2 atom stereocenters. The van der Waals surface area contributed by atoms with Crippen LogP contribution in [-0.4, -0.2) is 21.6 Å². The highest BCUT2D eigenvalue weighted by Gasteiger charge is 2.04. The quantitative estimate of drug-likeness (QED) is 0.452. The third kappa shape index (κ3) is 7.45. The maximum atomic E-state index is 11.9. The first-order valence-electron chi connectivity index (χ1n) is 8.28. The Labute approximate surface area is 159 Å². The third-order valence-electron chi connectivity index (χ3n) is 3.48. The number of hydrogen-bond acceptors (Lipinski definition) is 4. The fourth-order valence-corrected chi connectivity index (χ4v) is 3.30. The number of rotatable bonds is 11. The van der Waals surface area contributed by atoms with Gasteiger partial charge in [-0.1, -0.05) is 35.4 Å². The zero-order chi connectivity index (χ0) is 18.8. The summed E-state index contributed by atoms with van der Waals surface area (Å²) in [6, 6.07) is 14.8. The Morgan fingerprint density at radius 3 is 1.38 bits per heavy atom. The lowest BCUT2D eigenvalue weighted by molar-refractivity contribution is 0.0680. The van der Waals surface area contributed by atoms with E-state index in [4.69, 9.17) is 9.68 Å². The van der Waals surface area contributed by atoms with E-state index in [1.54, 1.807) is 24.3 Å². The van der Waals surface area contributed by atoms with Crippen LogP contribution >= 0.6 is 0 Å². The zero-order valence-electron chi connectivity index (χ0n) is 14.9. The summed E-state index contributed by atoms with van der Waals surface area (Å²) < 4.78 is 23.9. The van der Waals surface area contributed by atoms with Crippen LogP contribution in [0.1, 0.15) is 24.0 Å². The summed E-state index contributed by atoms with van der Waals surface area (Å²) in [5.41, 5.74) is 2.23. The summed E-state index contributed by atoms with van der Waals surface area (Å²) in [5, 5.41) is 0. The van der Waals surface area contributed by atoms with Crippen LogP contribution < -0.4 is 9.77 Å². The molecule has 2 aromatic carbocycles. The highest BCUT2D eigenvalue weighted by Crippen LogP contribution is 2.07. The van der Waals surface area contributed by atoms with E-state index in [2.05, 4.69) is 9.77 Å². The molecule has 0 aliphatic carbocycles. The molecular weight excluding hydrogens is 372 g/mol. The molecule has 6 nitrogen and oxygen atoms in total. The molecule has 0 saturated carbocycles. The van der Waals surface area contributed by atoms with E-state index in [0.717, 1.165) is 24.0 Å². The van der Waals surface area contributed by atoms with Gasteiger partial charge in [-0.2, -0.15) is 0 Å². The van der Waals surface area contributed by atoms with Crippen molar-refractivity contribution in [3.63, 3.8) is 0 Å². The maximum absolute atomic E-state index is 11.9. The Morgan fingerprint density at radius 1 is 0.692 bits per heavy atom. The lowest BCUT2D eigenvalue weighted by atomic mass is 10.2. The van der Waals surface area contributed by atoms with Crippen molar-refractivity contribution in [1.82, 2.24) is 9.77 Å². The number of benzene rings is 2. The van der Waals surface area contributed by atoms with Crippen molar-refractivity contribution in [2.24, 2.45) is 0 Å². The van der Waals surface area contributed by atoms with E-state index >= 15 is 0 Å². The Morgan fingerprint density at radius 2 is 1.04 bits per heavy atom. The third-order valence-corrected chi connectivity index (χ3v) is 5.42. The zero-order valence-corrected chi connectivity index (χ0v) is 16.5. The summed E-state index contributed by atoms with van der Waals surface area (Å²) in [6.07, 6.45) is 1.44. The van der Waals surface area contributed by atoms with E-state index in [-0.39, 0.29) is 0 Å². The van der Waals surface area contributed by atoms with Crippen molar-refractivity contribution in [3.05, 3.63) is 59.7 Å². The van der Waals surface area contributed by atoms with E-state index in [1.807, 2.05) is 38.1 Å². The summed E-state index contributed by atoms with van der Waals surface area (Å²) >= 11 is 0. The second-order valence-electron chi connectivity index (χ2n) is 5.73. The van der Waals surface area contributed by atoms with Crippen LogP contribution in [0.4, 0.5) is 0 Å². The van der Waals surface area contributed by atoms with Gasteiger partial charge in [-0.3, -0.25) is 9.68 Å². The number of nitrogens with one attached hydrogen (secondary N) is 2. The molecule has 0 spiro atoms. The average Bonchev–Trinajstić information content (AvgIpc) is 2.64. The Balaban J connectivity index is 1.51. The first kappa shape index (κ1) is 20.9. The minimum Gasteiger partial charge on any atom is -0.289 e. The topological polar surface area (TPSA) is 76.7 Å². The van der Waals surface area contributed by atoms with Crippen LogP contribution in [0.15, 0.2) is 58.3 Å². The predicted octanol–water partition coefficient (Wildman–Crippen LogP) is 2.87. The minimum atomic E-state index is -1.39. The first-order valence-corrected chi connectivity index (χ1v) is 10.6. The number of aryl methyl sites for hydroxylation is 2. The van der Waals surface area contributed by atoms with Gasteiger partial charge < -0.3 is 0 Å².